The zero-order valence-electron chi connectivity index (χ0n) is 15.1. The molecule has 1 saturated heterocycles. The summed E-state index contributed by atoms with van der Waals surface area (Å²) in [6.45, 7) is 6.56. The lowest BCUT2D eigenvalue weighted by molar-refractivity contribution is -0.122. The van der Waals surface area contributed by atoms with E-state index in [1.807, 2.05) is 32.0 Å². The van der Waals surface area contributed by atoms with Crippen LogP contribution in [0, 0.1) is 19.8 Å². The Hall–Kier alpha value is -1.93. The number of aromatic nitrogens is 2. The lowest BCUT2D eigenvalue weighted by Crippen LogP contribution is -2.28. The molecule has 1 N–H and O–H groups in total. The smallest absolute Gasteiger partial charge is 0.231 e. The fourth-order valence-corrected chi connectivity index (χ4v) is 4.42. The van der Waals surface area contributed by atoms with Crippen molar-refractivity contribution in [2.24, 2.45) is 5.92 Å². The molecule has 1 fully saturated rings. The quantitative estimate of drug-likeness (QED) is 0.602. The molecule has 2 heterocycles. The monoisotopic (exact) mass is 390 g/mol. The fourth-order valence-electron chi connectivity index (χ4n) is 2.74. The molecule has 1 aliphatic rings. The van der Waals surface area contributed by atoms with E-state index in [9.17, 15) is 9.59 Å². The van der Waals surface area contributed by atoms with Crippen molar-refractivity contribution in [3.05, 3.63) is 29.3 Å². The second-order valence-electron chi connectivity index (χ2n) is 6.38. The van der Waals surface area contributed by atoms with Gasteiger partial charge < -0.3 is 10.2 Å². The van der Waals surface area contributed by atoms with E-state index in [-0.39, 0.29) is 24.2 Å². The van der Waals surface area contributed by atoms with Crippen LogP contribution in [0.15, 0.2) is 22.5 Å². The Kier molecular flexibility index (Phi) is 5.93. The first-order valence-electron chi connectivity index (χ1n) is 8.62. The number of aryl methyl sites for hydroxylation is 2. The summed E-state index contributed by atoms with van der Waals surface area (Å²) in [5.74, 6) is 0.405. The zero-order chi connectivity index (χ0) is 18.7. The Bertz CT molecular complexity index is 821. The number of carbonyl (C=O) groups excluding carboxylic acids is 2. The number of thioether (sulfide) groups is 1. The molecule has 138 valence electrons. The molecule has 26 heavy (non-hydrogen) atoms. The maximum Gasteiger partial charge on any atom is 0.231 e. The largest absolute Gasteiger partial charge is 0.312 e. The molecule has 0 unspecified atom stereocenters. The van der Waals surface area contributed by atoms with Crippen molar-refractivity contribution in [2.45, 2.75) is 38.0 Å². The van der Waals surface area contributed by atoms with E-state index in [2.05, 4.69) is 22.4 Å². The summed E-state index contributed by atoms with van der Waals surface area (Å²) in [5, 5.41) is 11.4. The van der Waals surface area contributed by atoms with E-state index >= 15 is 0 Å². The van der Waals surface area contributed by atoms with Gasteiger partial charge >= 0.3 is 0 Å². The second-order valence-corrected chi connectivity index (χ2v) is 8.70. The highest BCUT2D eigenvalue weighted by molar-refractivity contribution is 8.01. The van der Waals surface area contributed by atoms with E-state index < -0.39 is 0 Å². The number of nitrogens with one attached hydrogen (secondary N) is 1. The Morgan fingerprint density at radius 2 is 2.15 bits per heavy atom. The fraction of sp³-hybridized carbons (Fsp3) is 0.444. The highest BCUT2D eigenvalue weighted by atomic mass is 32.2. The first-order chi connectivity index (χ1) is 12.5. The molecule has 0 bridgehead atoms. The minimum absolute atomic E-state index is 0.0233. The normalized spacial score (nSPS) is 17.0. The molecule has 0 saturated carbocycles. The Morgan fingerprint density at radius 1 is 1.35 bits per heavy atom. The first-order valence-corrected chi connectivity index (χ1v) is 10.4. The van der Waals surface area contributed by atoms with Crippen molar-refractivity contribution < 1.29 is 9.59 Å². The molecule has 6 nitrogen and oxygen atoms in total. The van der Waals surface area contributed by atoms with Gasteiger partial charge in [-0.25, -0.2) is 0 Å². The second kappa shape index (κ2) is 8.18. The predicted octanol–water partition coefficient (Wildman–Crippen LogP) is 3.65. The van der Waals surface area contributed by atoms with Crippen molar-refractivity contribution >= 4 is 45.7 Å². The molecule has 3 rings (SSSR count). The zero-order valence-corrected chi connectivity index (χ0v) is 16.7. The van der Waals surface area contributed by atoms with Gasteiger partial charge in [-0.2, -0.15) is 0 Å². The van der Waals surface area contributed by atoms with Gasteiger partial charge in [0.25, 0.3) is 0 Å². The van der Waals surface area contributed by atoms with Gasteiger partial charge in [-0.3, -0.25) is 9.59 Å². The number of carbonyl (C=O) groups is 2. The molecular weight excluding hydrogens is 368 g/mol. The summed E-state index contributed by atoms with van der Waals surface area (Å²) in [7, 11) is 0. The molecule has 2 aromatic rings. The maximum absolute atomic E-state index is 12.5. The van der Waals surface area contributed by atoms with Crippen LogP contribution >= 0.6 is 23.1 Å². The van der Waals surface area contributed by atoms with Gasteiger partial charge in [0.2, 0.25) is 16.9 Å². The molecule has 1 aliphatic heterocycles. The van der Waals surface area contributed by atoms with Gasteiger partial charge in [0, 0.05) is 24.4 Å². The summed E-state index contributed by atoms with van der Waals surface area (Å²) in [5.41, 5.74) is 3.17. The van der Waals surface area contributed by atoms with Crippen LogP contribution in [-0.4, -0.2) is 34.3 Å². The van der Waals surface area contributed by atoms with Crippen LogP contribution < -0.4 is 10.2 Å². The topological polar surface area (TPSA) is 75.2 Å². The number of hydrogen-bond donors (Lipinski definition) is 1. The summed E-state index contributed by atoms with van der Waals surface area (Å²) in [6, 6.07) is 5.93. The molecule has 1 atom stereocenters. The van der Waals surface area contributed by atoms with E-state index in [1.165, 1.54) is 16.9 Å². The van der Waals surface area contributed by atoms with Gasteiger partial charge in [0.1, 0.15) is 0 Å². The Balaban J connectivity index is 1.63. The molecule has 1 aromatic carbocycles. The number of amides is 2. The van der Waals surface area contributed by atoms with E-state index in [4.69, 9.17) is 0 Å². The van der Waals surface area contributed by atoms with Gasteiger partial charge in [-0.05, 0) is 43.5 Å². The number of hydrogen-bond acceptors (Lipinski definition) is 6. The predicted molar refractivity (Wildman–Crippen MR) is 106 cm³/mol. The van der Waals surface area contributed by atoms with Crippen molar-refractivity contribution in [1.29, 1.82) is 0 Å². The minimum atomic E-state index is -0.375. The van der Waals surface area contributed by atoms with Crippen LogP contribution in [0.1, 0.15) is 30.9 Å². The van der Waals surface area contributed by atoms with Crippen LogP contribution in [0.25, 0.3) is 0 Å². The maximum atomic E-state index is 12.5. The SMILES string of the molecule is CCCSc1nnc(NC(=O)[C@@H]2CC(=O)N(c3ccc(C)c(C)c3)C2)s1. The number of nitrogens with zero attached hydrogens (tertiary/aromatic N) is 3. The molecule has 8 heteroatoms. The minimum Gasteiger partial charge on any atom is -0.312 e. The summed E-state index contributed by atoms with van der Waals surface area (Å²) in [6.07, 6.45) is 1.28. The van der Waals surface area contributed by atoms with E-state index in [0.29, 0.717) is 11.7 Å². The molecule has 1 aromatic heterocycles. The molecular formula is C18H22N4O2S2. The third-order valence-electron chi connectivity index (χ3n) is 4.36. The van der Waals surface area contributed by atoms with Gasteiger partial charge in [-0.15, -0.1) is 10.2 Å². The van der Waals surface area contributed by atoms with Crippen LogP contribution in [0.4, 0.5) is 10.8 Å². The third kappa shape index (κ3) is 4.24. The number of benzene rings is 1. The van der Waals surface area contributed by atoms with Crippen molar-refractivity contribution in [1.82, 2.24) is 10.2 Å². The van der Waals surface area contributed by atoms with Crippen molar-refractivity contribution in [3.63, 3.8) is 0 Å². The lowest BCUT2D eigenvalue weighted by Gasteiger charge is -2.17. The summed E-state index contributed by atoms with van der Waals surface area (Å²) < 4.78 is 0.849. The Morgan fingerprint density at radius 3 is 2.88 bits per heavy atom. The van der Waals surface area contributed by atoms with Crippen molar-refractivity contribution in [3.8, 4) is 0 Å². The molecule has 0 radical (unpaired) electrons. The van der Waals surface area contributed by atoms with Gasteiger partial charge in [-0.1, -0.05) is 36.1 Å². The molecule has 0 aliphatic carbocycles. The highest BCUT2D eigenvalue weighted by Gasteiger charge is 2.35. The average Bonchev–Trinajstić information content (AvgIpc) is 3.22. The first kappa shape index (κ1) is 18.8. The van der Waals surface area contributed by atoms with Crippen LogP contribution in [-0.2, 0) is 9.59 Å². The lowest BCUT2D eigenvalue weighted by atomic mass is 10.1. The summed E-state index contributed by atoms with van der Waals surface area (Å²) in [4.78, 5) is 26.6. The standard InChI is InChI=1S/C18H22N4O2S2/c1-4-7-25-18-21-20-17(26-18)19-16(24)13-9-15(23)22(10-13)14-6-5-11(2)12(3)8-14/h5-6,8,13H,4,7,9-10H2,1-3H3,(H,19,20,24)/t13-/m1/s1. The van der Waals surface area contributed by atoms with Crippen molar-refractivity contribution in [2.75, 3.05) is 22.5 Å². The third-order valence-corrected chi connectivity index (χ3v) is 6.54. The number of rotatable bonds is 6. The highest BCUT2D eigenvalue weighted by Crippen LogP contribution is 2.29. The number of anilines is 2. The van der Waals surface area contributed by atoms with Crippen LogP contribution in [0.3, 0.4) is 0 Å². The molecule has 0 spiro atoms. The van der Waals surface area contributed by atoms with Gasteiger partial charge in [0.15, 0.2) is 4.34 Å². The molecule has 2 amide bonds. The van der Waals surface area contributed by atoms with Gasteiger partial charge in [0.05, 0.1) is 5.92 Å². The average molecular weight is 391 g/mol. The Labute approximate surface area is 161 Å². The van der Waals surface area contributed by atoms with Crippen LogP contribution in [0.2, 0.25) is 0 Å². The van der Waals surface area contributed by atoms with Crippen LogP contribution in [0.5, 0.6) is 0 Å². The van der Waals surface area contributed by atoms with E-state index in [0.717, 1.165) is 27.8 Å². The van der Waals surface area contributed by atoms with E-state index in [1.54, 1.807) is 16.7 Å². The summed E-state index contributed by atoms with van der Waals surface area (Å²) >= 11 is 3.00.